The van der Waals surface area contributed by atoms with Gasteiger partial charge in [0.05, 0.1) is 27.3 Å². The molecule has 3 aromatic carbocycles. The molecule has 152 valence electrons. The number of rotatable bonds is 5. The SMILES string of the molecule is O=[N+]([O-])c1ccc2nc(/C=C(\O)c3ccccc3)c(/C=C(\O)c3ccccc3)nc2c1. The van der Waals surface area contributed by atoms with Crippen LogP contribution in [0.2, 0.25) is 0 Å². The second-order valence-electron chi connectivity index (χ2n) is 6.72. The first-order chi connectivity index (χ1) is 15.0. The maximum Gasteiger partial charge on any atom is 0.271 e. The number of benzene rings is 3. The molecule has 0 aliphatic rings. The third kappa shape index (κ3) is 4.40. The summed E-state index contributed by atoms with van der Waals surface area (Å²) in [5.74, 6) is -0.0708. The van der Waals surface area contributed by atoms with E-state index in [-0.39, 0.29) is 22.9 Å². The van der Waals surface area contributed by atoms with Crippen LogP contribution in [0.4, 0.5) is 5.69 Å². The molecule has 1 heterocycles. The minimum Gasteiger partial charge on any atom is -0.507 e. The highest BCUT2D eigenvalue weighted by atomic mass is 16.6. The van der Waals surface area contributed by atoms with Crippen molar-refractivity contribution in [3.63, 3.8) is 0 Å². The van der Waals surface area contributed by atoms with Crippen molar-refractivity contribution in [3.05, 3.63) is 111 Å². The second kappa shape index (κ2) is 8.46. The fourth-order valence-electron chi connectivity index (χ4n) is 3.04. The van der Waals surface area contributed by atoms with Gasteiger partial charge in [-0.1, -0.05) is 60.7 Å². The second-order valence-corrected chi connectivity index (χ2v) is 6.72. The summed E-state index contributed by atoms with van der Waals surface area (Å²) >= 11 is 0. The van der Waals surface area contributed by atoms with E-state index in [1.54, 1.807) is 48.5 Å². The van der Waals surface area contributed by atoms with Gasteiger partial charge in [0.15, 0.2) is 0 Å². The average molecular weight is 411 g/mol. The van der Waals surface area contributed by atoms with Gasteiger partial charge < -0.3 is 10.2 Å². The Morgan fingerprint density at radius 2 is 1.23 bits per heavy atom. The van der Waals surface area contributed by atoms with Gasteiger partial charge in [-0.05, 0) is 6.07 Å². The fraction of sp³-hybridized carbons (Fsp3) is 0. The van der Waals surface area contributed by atoms with Crippen LogP contribution in [0.5, 0.6) is 0 Å². The number of nitrogens with zero attached hydrogens (tertiary/aromatic N) is 3. The van der Waals surface area contributed by atoms with Gasteiger partial charge in [0.2, 0.25) is 0 Å². The third-order valence-electron chi connectivity index (χ3n) is 4.60. The molecule has 7 nitrogen and oxygen atoms in total. The summed E-state index contributed by atoms with van der Waals surface area (Å²) in [6.45, 7) is 0. The average Bonchev–Trinajstić information content (AvgIpc) is 2.80. The number of non-ortho nitro benzene ring substituents is 1. The number of nitro groups is 1. The Kier molecular flexibility index (Phi) is 5.40. The Balaban J connectivity index is 1.89. The van der Waals surface area contributed by atoms with Crippen molar-refractivity contribution in [2.24, 2.45) is 0 Å². The summed E-state index contributed by atoms with van der Waals surface area (Å²) in [6, 6.07) is 22.0. The maximum atomic E-state index is 11.1. The maximum absolute atomic E-state index is 11.1. The fourth-order valence-corrected chi connectivity index (χ4v) is 3.04. The van der Waals surface area contributed by atoms with Crippen LogP contribution >= 0.6 is 0 Å². The van der Waals surface area contributed by atoms with Crippen molar-refractivity contribution in [3.8, 4) is 0 Å². The molecule has 2 N–H and O–H groups in total. The minimum atomic E-state index is -0.507. The van der Waals surface area contributed by atoms with Gasteiger partial charge in [0.25, 0.3) is 5.69 Å². The molecule has 4 rings (SSSR count). The largest absolute Gasteiger partial charge is 0.507 e. The zero-order chi connectivity index (χ0) is 21.8. The standard InChI is InChI=1S/C24H17N3O4/c28-23(16-7-3-1-4-8-16)14-21-22(15-24(29)17-9-5-2-6-10-17)26-20-13-18(27(30)31)11-12-19(20)25-21/h1-15,28-29H/b23-14-,24-15-. The lowest BCUT2D eigenvalue weighted by atomic mass is 10.1. The molecule has 4 aromatic rings. The molecule has 0 saturated carbocycles. The molecule has 0 atom stereocenters. The monoisotopic (exact) mass is 411 g/mol. The van der Waals surface area contributed by atoms with Crippen LogP contribution in [0.15, 0.2) is 78.9 Å². The molecule has 0 bridgehead atoms. The summed E-state index contributed by atoms with van der Waals surface area (Å²) in [7, 11) is 0. The number of aliphatic hydroxyl groups excluding tert-OH is 2. The lowest BCUT2D eigenvalue weighted by Gasteiger charge is -2.07. The van der Waals surface area contributed by atoms with Crippen LogP contribution in [0.3, 0.4) is 0 Å². The number of aromatic nitrogens is 2. The minimum absolute atomic E-state index is 0.0231. The zero-order valence-corrected chi connectivity index (χ0v) is 16.2. The van der Waals surface area contributed by atoms with Gasteiger partial charge in [-0.3, -0.25) is 10.1 Å². The van der Waals surface area contributed by atoms with E-state index in [4.69, 9.17) is 0 Å². The molecule has 1 aromatic heterocycles. The number of nitro benzene ring substituents is 1. The molecule has 7 heteroatoms. The number of hydrogen-bond acceptors (Lipinski definition) is 6. The third-order valence-corrected chi connectivity index (χ3v) is 4.60. The van der Waals surface area contributed by atoms with E-state index < -0.39 is 4.92 Å². The Hall–Kier alpha value is -4.52. The highest BCUT2D eigenvalue weighted by molar-refractivity contribution is 5.86. The predicted molar refractivity (Wildman–Crippen MR) is 120 cm³/mol. The topological polar surface area (TPSA) is 109 Å². The van der Waals surface area contributed by atoms with E-state index in [1.165, 1.54) is 30.4 Å². The molecule has 0 spiro atoms. The molecule has 0 saturated heterocycles. The van der Waals surface area contributed by atoms with Crippen molar-refractivity contribution >= 4 is 40.4 Å². The van der Waals surface area contributed by atoms with Crippen LogP contribution < -0.4 is 0 Å². The normalized spacial score (nSPS) is 12.1. The molecule has 31 heavy (non-hydrogen) atoms. The van der Waals surface area contributed by atoms with E-state index in [0.717, 1.165) is 0 Å². The van der Waals surface area contributed by atoms with Crippen molar-refractivity contribution in [1.29, 1.82) is 0 Å². The highest BCUT2D eigenvalue weighted by Crippen LogP contribution is 2.24. The predicted octanol–water partition coefficient (Wildman–Crippen LogP) is 5.65. The Labute approximate surface area is 177 Å². The van der Waals surface area contributed by atoms with Crippen LogP contribution in [-0.2, 0) is 0 Å². The lowest BCUT2D eigenvalue weighted by Crippen LogP contribution is -1.97. The van der Waals surface area contributed by atoms with Gasteiger partial charge in [0, 0.05) is 35.4 Å². The van der Waals surface area contributed by atoms with Crippen molar-refractivity contribution < 1.29 is 15.1 Å². The van der Waals surface area contributed by atoms with E-state index >= 15 is 0 Å². The van der Waals surface area contributed by atoms with Gasteiger partial charge in [-0.25, -0.2) is 9.97 Å². The highest BCUT2D eigenvalue weighted by Gasteiger charge is 2.13. The molecule has 0 amide bonds. The molecule has 0 radical (unpaired) electrons. The van der Waals surface area contributed by atoms with E-state index in [0.29, 0.717) is 27.9 Å². The Morgan fingerprint density at radius 1 is 0.742 bits per heavy atom. The summed E-state index contributed by atoms with van der Waals surface area (Å²) in [6.07, 6.45) is 2.87. The zero-order valence-electron chi connectivity index (χ0n) is 16.2. The van der Waals surface area contributed by atoms with E-state index in [9.17, 15) is 20.3 Å². The Morgan fingerprint density at radius 3 is 1.71 bits per heavy atom. The van der Waals surface area contributed by atoms with E-state index in [2.05, 4.69) is 9.97 Å². The molecule has 0 fully saturated rings. The number of hydrogen-bond donors (Lipinski definition) is 2. The summed E-state index contributed by atoms with van der Waals surface area (Å²) in [5.41, 5.74) is 2.36. The van der Waals surface area contributed by atoms with Crippen LogP contribution in [0.1, 0.15) is 22.5 Å². The quantitative estimate of drug-likeness (QED) is 0.249. The molecular weight excluding hydrogens is 394 g/mol. The first-order valence-corrected chi connectivity index (χ1v) is 9.39. The van der Waals surface area contributed by atoms with Crippen molar-refractivity contribution in [1.82, 2.24) is 9.97 Å². The molecule has 0 aliphatic carbocycles. The van der Waals surface area contributed by atoms with Gasteiger partial charge in [-0.15, -0.1) is 0 Å². The van der Waals surface area contributed by atoms with Crippen LogP contribution in [0.25, 0.3) is 34.7 Å². The first kappa shape index (κ1) is 19.8. The number of aliphatic hydroxyl groups is 2. The summed E-state index contributed by atoms with van der Waals surface area (Å²) in [5, 5.41) is 32.3. The van der Waals surface area contributed by atoms with Gasteiger partial charge in [0.1, 0.15) is 11.5 Å². The molecular formula is C24H17N3O4. The number of fused-ring (bicyclic) bond motifs is 1. The van der Waals surface area contributed by atoms with Crippen molar-refractivity contribution in [2.45, 2.75) is 0 Å². The first-order valence-electron chi connectivity index (χ1n) is 9.39. The Bertz CT molecular complexity index is 1320. The lowest BCUT2D eigenvalue weighted by molar-refractivity contribution is -0.384. The smallest absolute Gasteiger partial charge is 0.271 e. The summed E-state index contributed by atoms with van der Waals surface area (Å²) in [4.78, 5) is 19.6. The van der Waals surface area contributed by atoms with Crippen LogP contribution in [-0.4, -0.2) is 25.1 Å². The summed E-state index contributed by atoms with van der Waals surface area (Å²) < 4.78 is 0. The van der Waals surface area contributed by atoms with Crippen LogP contribution in [0, 0.1) is 10.1 Å². The molecule has 0 aliphatic heterocycles. The van der Waals surface area contributed by atoms with Gasteiger partial charge >= 0.3 is 0 Å². The molecule has 0 unspecified atom stereocenters. The van der Waals surface area contributed by atoms with E-state index in [1.807, 2.05) is 12.1 Å². The van der Waals surface area contributed by atoms with Gasteiger partial charge in [-0.2, -0.15) is 0 Å². The van der Waals surface area contributed by atoms with Crippen molar-refractivity contribution in [2.75, 3.05) is 0 Å².